The van der Waals surface area contributed by atoms with Crippen LogP contribution in [0.4, 0.5) is 0 Å². The van der Waals surface area contributed by atoms with E-state index in [-0.39, 0.29) is 0 Å². The average Bonchev–Trinajstić information content (AvgIpc) is 3.85. The van der Waals surface area contributed by atoms with E-state index in [0.29, 0.717) is 0 Å². The number of hydrogen-bond acceptors (Lipinski definition) is 1. The second-order valence-electron chi connectivity index (χ2n) is 10.7. The lowest BCUT2D eigenvalue weighted by Crippen LogP contribution is -1.88. The van der Waals surface area contributed by atoms with Crippen molar-refractivity contribution in [2.45, 2.75) is 0 Å². The number of nitrogens with one attached hydrogen (secondary N) is 3. The van der Waals surface area contributed by atoms with Gasteiger partial charge in [-0.25, -0.2) is 4.98 Å². The average molecular weight is 763 g/mol. The van der Waals surface area contributed by atoms with E-state index in [0.717, 1.165) is 91.3 Å². The number of H-pyrrole nitrogens is 3. The Balaban J connectivity index is 1.55. The van der Waals surface area contributed by atoms with Crippen LogP contribution in [0.5, 0.6) is 0 Å². The standard InChI is InChI=1S/C37H23Br3N4/c38-24-7-1-21(2-8-24)35-29-15-13-27(41-29)28-14-16-30(42-28)36(22-3-9-25(39)10-4-22)32-18-20-34(44-32)37(33-19-17-31(35)43-33)23-5-11-26(40)12-6-23/h1-20,41-43H. The fraction of sp³-hybridized carbons (Fsp3) is 0. The molecule has 0 atom stereocenters. The van der Waals surface area contributed by atoms with E-state index in [1.807, 2.05) is 0 Å². The molecule has 0 spiro atoms. The van der Waals surface area contributed by atoms with Crippen LogP contribution in [-0.2, 0) is 0 Å². The van der Waals surface area contributed by atoms with E-state index in [9.17, 15) is 0 Å². The Kier molecular flexibility index (Phi) is 6.89. The summed E-state index contributed by atoms with van der Waals surface area (Å²) in [6.07, 6.45) is 4.24. The van der Waals surface area contributed by atoms with Gasteiger partial charge in [0.15, 0.2) is 0 Å². The van der Waals surface area contributed by atoms with Crippen LogP contribution < -0.4 is 0 Å². The molecule has 7 aromatic rings. The maximum absolute atomic E-state index is 5.29. The zero-order chi connectivity index (χ0) is 29.8. The Bertz CT molecular complexity index is 2340. The summed E-state index contributed by atoms with van der Waals surface area (Å²) in [4.78, 5) is 16.5. The second-order valence-corrected chi connectivity index (χ2v) is 13.5. The van der Waals surface area contributed by atoms with Crippen molar-refractivity contribution < 1.29 is 0 Å². The zero-order valence-electron chi connectivity index (χ0n) is 23.1. The quantitative estimate of drug-likeness (QED) is 0.165. The SMILES string of the molecule is Brc1ccc(-c2c3nc(c(-c4ccc(Br)cc4)c4ccc([nH]4)c4ccc([nH]4)c(-c4ccc(Br)cc4)c4ccc2[nH]4)C=C3)cc1. The largest absolute Gasteiger partial charge is 0.354 e. The lowest BCUT2D eigenvalue weighted by molar-refractivity contribution is 1.32. The summed E-state index contributed by atoms with van der Waals surface area (Å²) in [7, 11) is 0. The Morgan fingerprint density at radius 3 is 1.02 bits per heavy atom. The van der Waals surface area contributed by atoms with Gasteiger partial charge in [-0.05, 0) is 102 Å². The van der Waals surface area contributed by atoms with Gasteiger partial charge in [-0.1, -0.05) is 84.2 Å². The predicted octanol–water partition coefficient (Wildman–Crippen LogP) is 12.0. The van der Waals surface area contributed by atoms with Crippen LogP contribution in [0.1, 0.15) is 11.4 Å². The highest BCUT2D eigenvalue weighted by Gasteiger charge is 2.16. The van der Waals surface area contributed by atoms with E-state index < -0.39 is 0 Å². The number of nitrogens with zero attached hydrogens (tertiary/aromatic N) is 1. The summed E-state index contributed by atoms with van der Waals surface area (Å²) in [5.41, 5.74) is 14.3. The maximum Gasteiger partial charge on any atom is 0.0737 e. The molecule has 0 aliphatic carbocycles. The molecule has 0 radical (unpaired) electrons. The molecule has 0 fully saturated rings. The first-order valence-corrected chi connectivity index (χ1v) is 16.5. The van der Waals surface area contributed by atoms with Crippen molar-refractivity contribution in [3.63, 3.8) is 0 Å². The van der Waals surface area contributed by atoms with Gasteiger partial charge in [-0.3, -0.25) is 0 Å². The number of aromatic amines is 3. The summed E-state index contributed by atoms with van der Waals surface area (Å²) < 4.78 is 3.11. The summed E-state index contributed by atoms with van der Waals surface area (Å²) in [6.45, 7) is 0. The van der Waals surface area contributed by atoms with Gasteiger partial charge in [0, 0.05) is 52.2 Å². The molecule has 44 heavy (non-hydrogen) atoms. The fourth-order valence-corrected chi connectivity index (χ4v) is 6.70. The van der Waals surface area contributed by atoms with E-state index in [1.54, 1.807) is 0 Å². The van der Waals surface area contributed by atoms with E-state index >= 15 is 0 Å². The van der Waals surface area contributed by atoms with Crippen LogP contribution in [-0.4, -0.2) is 19.9 Å². The minimum Gasteiger partial charge on any atom is -0.354 e. The van der Waals surface area contributed by atoms with Crippen molar-refractivity contribution in [2.24, 2.45) is 0 Å². The van der Waals surface area contributed by atoms with Crippen LogP contribution >= 0.6 is 47.8 Å². The molecule has 8 rings (SSSR count). The minimum atomic E-state index is 0.902. The van der Waals surface area contributed by atoms with Crippen molar-refractivity contribution in [1.82, 2.24) is 19.9 Å². The smallest absolute Gasteiger partial charge is 0.0737 e. The number of benzene rings is 3. The van der Waals surface area contributed by atoms with Crippen molar-refractivity contribution >= 4 is 93.0 Å². The lowest BCUT2D eigenvalue weighted by Gasteiger charge is -2.06. The monoisotopic (exact) mass is 760 g/mol. The number of rotatable bonds is 3. The molecular formula is C37H23Br3N4. The summed E-state index contributed by atoms with van der Waals surface area (Å²) in [5, 5.41) is 0. The Labute approximate surface area is 278 Å². The molecule has 3 aromatic carbocycles. The molecule has 0 saturated carbocycles. The van der Waals surface area contributed by atoms with Crippen LogP contribution in [0.3, 0.4) is 0 Å². The number of aromatic nitrogens is 4. The van der Waals surface area contributed by atoms with Gasteiger partial charge in [0.25, 0.3) is 0 Å². The topological polar surface area (TPSA) is 60.3 Å². The van der Waals surface area contributed by atoms with Crippen molar-refractivity contribution in [3.05, 3.63) is 134 Å². The molecular weight excluding hydrogens is 740 g/mol. The zero-order valence-corrected chi connectivity index (χ0v) is 27.9. The van der Waals surface area contributed by atoms with Crippen LogP contribution in [0.2, 0.25) is 0 Å². The molecule has 0 unspecified atom stereocenters. The molecule has 3 N–H and O–H groups in total. The Morgan fingerprint density at radius 2 is 0.636 bits per heavy atom. The van der Waals surface area contributed by atoms with E-state index in [2.05, 4.69) is 184 Å². The highest BCUT2D eigenvalue weighted by molar-refractivity contribution is 9.11. The minimum absolute atomic E-state index is 0.902. The molecule has 4 aromatic heterocycles. The highest BCUT2D eigenvalue weighted by Crippen LogP contribution is 2.37. The van der Waals surface area contributed by atoms with Gasteiger partial charge in [0.1, 0.15) is 0 Å². The maximum atomic E-state index is 5.29. The summed E-state index contributed by atoms with van der Waals surface area (Å²) in [6, 6.07) is 38.2. The van der Waals surface area contributed by atoms with Crippen LogP contribution in [0.15, 0.2) is 123 Å². The third kappa shape index (κ3) is 4.95. The molecule has 4 nitrogen and oxygen atoms in total. The number of halogens is 3. The first-order valence-electron chi connectivity index (χ1n) is 14.1. The second kappa shape index (κ2) is 11.1. The van der Waals surface area contributed by atoms with Gasteiger partial charge >= 0.3 is 0 Å². The first kappa shape index (κ1) is 27.4. The predicted molar refractivity (Wildman–Crippen MR) is 195 cm³/mol. The van der Waals surface area contributed by atoms with Crippen molar-refractivity contribution in [2.75, 3.05) is 0 Å². The molecule has 0 amide bonds. The molecule has 212 valence electrons. The van der Waals surface area contributed by atoms with E-state index in [4.69, 9.17) is 4.98 Å². The first-order chi connectivity index (χ1) is 21.5. The van der Waals surface area contributed by atoms with E-state index in [1.165, 1.54) is 0 Å². The van der Waals surface area contributed by atoms with Crippen LogP contribution in [0, 0.1) is 0 Å². The normalized spacial score (nSPS) is 11.9. The number of fused-ring (bicyclic) bond motifs is 9. The van der Waals surface area contributed by atoms with Crippen molar-refractivity contribution in [1.29, 1.82) is 0 Å². The highest BCUT2D eigenvalue weighted by atomic mass is 79.9. The van der Waals surface area contributed by atoms with Gasteiger partial charge in [0.2, 0.25) is 0 Å². The van der Waals surface area contributed by atoms with Gasteiger partial charge < -0.3 is 15.0 Å². The summed E-state index contributed by atoms with van der Waals surface area (Å²) in [5.74, 6) is 0. The molecule has 7 heteroatoms. The lowest BCUT2D eigenvalue weighted by atomic mass is 10.0. The molecule has 5 heterocycles. The van der Waals surface area contributed by atoms with Gasteiger partial charge in [0.05, 0.1) is 22.4 Å². The third-order valence-electron chi connectivity index (χ3n) is 7.98. The molecule has 8 bridgehead atoms. The molecule has 0 saturated heterocycles. The van der Waals surface area contributed by atoms with Gasteiger partial charge in [-0.2, -0.15) is 0 Å². The fourth-order valence-electron chi connectivity index (χ4n) is 5.91. The molecule has 1 aliphatic rings. The Morgan fingerprint density at radius 1 is 0.341 bits per heavy atom. The van der Waals surface area contributed by atoms with Crippen molar-refractivity contribution in [3.8, 4) is 33.4 Å². The number of hydrogen-bond donors (Lipinski definition) is 3. The van der Waals surface area contributed by atoms with Gasteiger partial charge in [-0.15, -0.1) is 0 Å². The third-order valence-corrected chi connectivity index (χ3v) is 9.56. The molecule has 1 aliphatic heterocycles. The summed E-state index contributed by atoms with van der Waals surface area (Å²) >= 11 is 10.8. The Hall–Kier alpha value is -4.17. The van der Waals surface area contributed by atoms with Crippen LogP contribution in [0.25, 0.3) is 78.6 Å².